The average molecular weight is 189 g/mol. The molecule has 0 rings (SSSR count). The summed E-state index contributed by atoms with van der Waals surface area (Å²) in [7, 11) is 6.30. The van der Waals surface area contributed by atoms with Gasteiger partial charge in [-0.15, -0.1) is 0 Å². The first-order chi connectivity index (χ1) is 5.55. The lowest BCUT2D eigenvalue weighted by atomic mass is 10.0. The summed E-state index contributed by atoms with van der Waals surface area (Å²) in [6.07, 6.45) is 1.57. The molecule has 71 valence electrons. The molecule has 0 fully saturated rings. The van der Waals surface area contributed by atoms with Crippen molar-refractivity contribution in [2.75, 3.05) is 14.2 Å². The standard InChI is InChI=1S/C8H17O3Si/c1-8(2,11-12)6-5-7(9-3)10-4/h7H,5-6H2,1-4H3. The number of rotatable bonds is 6. The second-order valence-corrected chi connectivity index (χ2v) is 3.51. The van der Waals surface area contributed by atoms with Gasteiger partial charge in [0.25, 0.3) is 0 Å². The molecule has 0 bridgehead atoms. The molecular weight excluding hydrogens is 172 g/mol. The highest BCUT2D eigenvalue weighted by molar-refractivity contribution is 5.98. The molecule has 3 nitrogen and oxygen atoms in total. The van der Waals surface area contributed by atoms with E-state index in [9.17, 15) is 0 Å². The topological polar surface area (TPSA) is 27.7 Å². The highest BCUT2D eigenvalue weighted by Crippen LogP contribution is 2.17. The third-order valence-corrected chi connectivity index (χ3v) is 2.34. The fourth-order valence-corrected chi connectivity index (χ4v) is 0.950. The summed E-state index contributed by atoms with van der Waals surface area (Å²) < 4.78 is 15.2. The van der Waals surface area contributed by atoms with Crippen LogP contribution < -0.4 is 0 Å². The molecule has 0 heterocycles. The van der Waals surface area contributed by atoms with Gasteiger partial charge in [-0.3, -0.25) is 0 Å². The van der Waals surface area contributed by atoms with E-state index in [0.717, 1.165) is 12.8 Å². The quantitative estimate of drug-likeness (QED) is 0.465. The van der Waals surface area contributed by atoms with Crippen LogP contribution in [0, 0.1) is 0 Å². The van der Waals surface area contributed by atoms with Gasteiger partial charge >= 0.3 is 0 Å². The lowest BCUT2D eigenvalue weighted by Crippen LogP contribution is -2.26. The van der Waals surface area contributed by atoms with Crippen molar-refractivity contribution in [2.24, 2.45) is 0 Å². The Bertz CT molecular complexity index is 113. The van der Waals surface area contributed by atoms with Gasteiger partial charge in [0.15, 0.2) is 6.29 Å². The normalized spacial score (nSPS) is 12.5. The Labute approximate surface area is 77.9 Å². The molecule has 0 aliphatic carbocycles. The first-order valence-electron chi connectivity index (χ1n) is 3.96. The van der Waals surface area contributed by atoms with Crippen molar-refractivity contribution in [3.63, 3.8) is 0 Å². The third-order valence-electron chi connectivity index (χ3n) is 1.78. The number of hydrogen-bond donors (Lipinski definition) is 0. The van der Waals surface area contributed by atoms with Gasteiger partial charge in [-0.1, -0.05) is 0 Å². The van der Waals surface area contributed by atoms with Crippen LogP contribution in [0.15, 0.2) is 0 Å². The summed E-state index contributed by atoms with van der Waals surface area (Å²) in [6, 6.07) is 0. The van der Waals surface area contributed by atoms with Crippen LogP contribution in [0.4, 0.5) is 0 Å². The molecule has 0 N–H and O–H groups in total. The zero-order valence-electron chi connectivity index (χ0n) is 8.22. The molecule has 12 heavy (non-hydrogen) atoms. The van der Waals surface area contributed by atoms with Gasteiger partial charge in [0.2, 0.25) is 10.5 Å². The molecule has 0 aliphatic heterocycles. The van der Waals surface area contributed by atoms with Gasteiger partial charge in [-0.25, -0.2) is 0 Å². The third kappa shape index (κ3) is 4.87. The van der Waals surface area contributed by atoms with Crippen molar-refractivity contribution in [1.82, 2.24) is 0 Å². The first kappa shape index (κ1) is 12.1. The first-order valence-corrected chi connectivity index (χ1v) is 4.37. The smallest absolute Gasteiger partial charge is 0.246 e. The van der Waals surface area contributed by atoms with Gasteiger partial charge in [0.05, 0.1) is 5.60 Å². The minimum absolute atomic E-state index is 0.133. The van der Waals surface area contributed by atoms with Crippen LogP contribution in [0.1, 0.15) is 26.7 Å². The maximum absolute atomic E-state index is 5.07. The molecule has 0 aliphatic rings. The Morgan fingerprint density at radius 2 is 1.75 bits per heavy atom. The zero-order valence-corrected chi connectivity index (χ0v) is 9.22. The van der Waals surface area contributed by atoms with E-state index >= 15 is 0 Å². The molecular formula is C8H17O3Si. The predicted octanol–water partition coefficient (Wildman–Crippen LogP) is 1.26. The maximum Gasteiger partial charge on any atom is 0.246 e. The van der Waals surface area contributed by atoms with Crippen molar-refractivity contribution in [3.8, 4) is 0 Å². The molecule has 0 unspecified atom stereocenters. The Balaban J connectivity index is 3.65. The summed E-state index contributed by atoms with van der Waals surface area (Å²) in [4.78, 5) is 0. The van der Waals surface area contributed by atoms with Crippen LogP contribution >= 0.6 is 0 Å². The second kappa shape index (κ2) is 5.69. The molecule has 0 aromatic rings. The van der Waals surface area contributed by atoms with Crippen LogP contribution in [0.3, 0.4) is 0 Å². The highest BCUT2D eigenvalue weighted by Gasteiger charge is 2.18. The van der Waals surface area contributed by atoms with Crippen molar-refractivity contribution in [1.29, 1.82) is 0 Å². The molecule has 0 aromatic heterocycles. The lowest BCUT2D eigenvalue weighted by molar-refractivity contribution is -0.113. The van der Waals surface area contributed by atoms with Gasteiger partial charge in [0.1, 0.15) is 0 Å². The second-order valence-electron chi connectivity index (χ2n) is 3.30. The van der Waals surface area contributed by atoms with Gasteiger partial charge in [-0.05, 0) is 20.3 Å². The molecule has 0 atom stereocenters. The fraction of sp³-hybridized carbons (Fsp3) is 1.00. The largest absolute Gasteiger partial charge is 0.414 e. The Hall–Kier alpha value is 0.0969. The molecule has 0 aromatic carbocycles. The molecule has 4 heteroatoms. The summed E-state index contributed by atoms with van der Waals surface area (Å²) in [5, 5.41) is 0. The van der Waals surface area contributed by atoms with E-state index in [1.165, 1.54) is 0 Å². The number of ether oxygens (including phenoxy) is 2. The number of methoxy groups -OCH3 is 2. The van der Waals surface area contributed by atoms with Crippen molar-refractivity contribution < 1.29 is 13.9 Å². The Kier molecular flexibility index (Phi) is 5.74. The van der Waals surface area contributed by atoms with E-state index in [1.807, 2.05) is 13.8 Å². The summed E-state index contributed by atoms with van der Waals surface area (Å²) in [6.45, 7) is 4.00. The van der Waals surface area contributed by atoms with Gasteiger partial charge < -0.3 is 13.9 Å². The van der Waals surface area contributed by atoms with Crippen LogP contribution in [0.2, 0.25) is 0 Å². The van der Waals surface area contributed by atoms with E-state index < -0.39 is 0 Å². The van der Waals surface area contributed by atoms with Crippen LogP contribution in [0.25, 0.3) is 0 Å². The molecule has 0 spiro atoms. The summed E-state index contributed by atoms with van der Waals surface area (Å²) in [5.74, 6) is 0. The minimum Gasteiger partial charge on any atom is -0.414 e. The summed E-state index contributed by atoms with van der Waals surface area (Å²) >= 11 is 0. The molecule has 0 saturated heterocycles. The lowest BCUT2D eigenvalue weighted by Gasteiger charge is -2.25. The molecule has 0 saturated carbocycles. The van der Waals surface area contributed by atoms with Gasteiger partial charge in [-0.2, -0.15) is 0 Å². The van der Waals surface area contributed by atoms with Crippen LogP contribution in [-0.2, 0) is 13.9 Å². The summed E-state index contributed by atoms with van der Waals surface area (Å²) in [5.41, 5.74) is -0.174. The van der Waals surface area contributed by atoms with Crippen molar-refractivity contribution in [2.45, 2.75) is 38.6 Å². The Morgan fingerprint density at radius 1 is 1.25 bits per heavy atom. The Morgan fingerprint density at radius 3 is 2.08 bits per heavy atom. The van der Waals surface area contributed by atoms with E-state index in [2.05, 4.69) is 10.5 Å². The van der Waals surface area contributed by atoms with E-state index in [1.54, 1.807) is 14.2 Å². The van der Waals surface area contributed by atoms with Crippen LogP contribution in [-0.4, -0.2) is 36.6 Å². The minimum atomic E-state index is -0.174. The fourth-order valence-electron chi connectivity index (χ4n) is 0.848. The highest BCUT2D eigenvalue weighted by atomic mass is 28.2. The van der Waals surface area contributed by atoms with E-state index in [-0.39, 0.29) is 11.9 Å². The molecule has 3 radical (unpaired) electrons. The van der Waals surface area contributed by atoms with Crippen LogP contribution in [0.5, 0.6) is 0 Å². The van der Waals surface area contributed by atoms with E-state index in [4.69, 9.17) is 13.9 Å². The molecule has 0 amide bonds. The predicted molar refractivity (Wildman–Crippen MR) is 48.0 cm³/mol. The maximum atomic E-state index is 5.07. The van der Waals surface area contributed by atoms with Gasteiger partial charge in [0, 0.05) is 20.6 Å². The SMILES string of the molecule is COC(CCC(C)(C)O[Si])OC. The van der Waals surface area contributed by atoms with E-state index in [0.29, 0.717) is 0 Å². The van der Waals surface area contributed by atoms with Crippen molar-refractivity contribution >= 4 is 10.5 Å². The van der Waals surface area contributed by atoms with Crippen molar-refractivity contribution in [3.05, 3.63) is 0 Å². The zero-order chi connectivity index (χ0) is 9.61. The average Bonchev–Trinajstić information content (AvgIpc) is 2.06. The monoisotopic (exact) mass is 189 g/mol. The number of hydrogen-bond acceptors (Lipinski definition) is 3.